The molecule has 0 atom stereocenters. The van der Waals surface area contributed by atoms with Gasteiger partial charge in [-0.25, -0.2) is 8.42 Å². The topological polar surface area (TPSA) is 89.0 Å². The van der Waals surface area contributed by atoms with Gasteiger partial charge in [0.1, 0.15) is 5.01 Å². The van der Waals surface area contributed by atoms with Crippen molar-refractivity contribution in [3.8, 4) is 10.6 Å². The van der Waals surface area contributed by atoms with Crippen molar-refractivity contribution in [2.24, 2.45) is 0 Å². The molecule has 1 aromatic carbocycles. The van der Waals surface area contributed by atoms with Gasteiger partial charge in [0.05, 0.1) is 4.90 Å². The zero-order valence-corrected chi connectivity index (χ0v) is 17.8. The molecule has 1 N–H and O–H groups in total. The molecule has 0 unspecified atom stereocenters. The molecule has 10 heteroatoms. The SMILES string of the molecule is O=C(Nc1nnc(-c2ccsc2)s1)C1(S(=O)(=O)c2ccc(Cl)cc2)CCCC1. The summed E-state index contributed by atoms with van der Waals surface area (Å²) in [5.74, 6) is -0.548. The molecule has 4 rings (SSSR count). The van der Waals surface area contributed by atoms with Crippen LogP contribution in [0.25, 0.3) is 10.6 Å². The van der Waals surface area contributed by atoms with Crippen molar-refractivity contribution in [1.82, 2.24) is 10.2 Å². The molecule has 0 spiro atoms. The fourth-order valence-electron chi connectivity index (χ4n) is 3.39. The van der Waals surface area contributed by atoms with Gasteiger partial charge >= 0.3 is 0 Å². The van der Waals surface area contributed by atoms with E-state index in [1.54, 1.807) is 11.3 Å². The van der Waals surface area contributed by atoms with Gasteiger partial charge in [-0.15, -0.1) is 10.2 Å². The summed E-state index contributed by atoms with van der Waals surface area (Å²) < 4.78 is 25.2. The van der Waals surface area contributed by atoms with Crippen LogP contribution in [0.3, 0.4) is 0 Å². The Labute approximate surface area is 175 Å². The average molecular weight is 454 g/mol. The van der Waals surface area contributed by atoms with E-state index >= 15 is 0 Å². The highest BCUT2D eigenvalue weighted by atomic mass is 35.5. The van der Waals surface area contributed by atoms with E-state index in [-0.39, 0.29) is 17.7 Å². The first kappa shape index (κ1) is 19.5. The summed E-state index contributed by atoms with van der Waals surface area (Å²) in [5, 5.41) is 16.1. The molecular formula is C18H16ClN3O3S3. The van der Waals surface area contributed by atoms with Crippen molar-refractivity contribution in [2.45, 2.75) is 35.3 Å². The number of aromatic nitrogens is 2. The van der Waals surface area contributed by atoms with Crippen molar-refractivity contribution < 1.29 is 13.2 Å². The van der Waals surface area contributed by atoms with Crippen molar-refractivity contribution >= 4 is 55.2 Å². The Morgan fingerprint density at radius 2 is 1.82 bits per heavy atom. The monoisotopic (exact) mass is 453 g/mol. The van der Waals surface area contributed by atoms with Gasteiger partial charge in [0, 0.05) is 16.0 Å². The summed E-state index contributed by atoms with van der Waals surface area (Å²) in [4.78, 5) is 13.2. The second kappa shape index (κ2) is 7.55. The van der Waals surface area contributed by atoms with Gasteiger partial charge in [0.2, 0.25) is 11.0 Å². The van der Waals surface area contributed by atoms with Crippen molar-refractivity contribution in [3.63, 3.8) is 0 Å². The lowest BCUT2D eigenvalue weighted by Gasteiger charge is -2.27. The highest BCUT2D eigenvalue weighted by Gasteiger charge is 2.53. The third-order valence-electron chi connectivity index (χ3n) is 4.88. The molecule has 146 valence electrons. The Morgan fingerprint density at radius 1 is 1.11 bits per heavy atom. The van der Waals surface area contributed by atoms with Gasteiger partial charge in [-0.05, 0) is 48.6 Å². The number of halogens is 1. The Hall–Kier alpha value is -1.81. The molecule has 6 nitrogen and oxygen atoms in total. The minimum absolute atomic E-state index is 0.102. The Bertz CT molecular complexity index is 1090. The van der Waals surface area contributed by atoms with Crippen molar-refractivity contribution in [3.05, 3.63) is 46.1 Å². The van der Waals surface area contributed by atoms with Crippen LogP contribution in [0.2, 0.25) is 5.02 Å². The number of nitrogens with one attached hydrogen (secondary N) is 1. The molecule has 2 heterocycles. The fraction of sp³-hybridized carbons (Fsp3) is 0.278. The lowest BCUT2D eigenvalue weighted by atomic mass is 10.1. The van der Waals surface area contributed by atoms with E-state index < -0.39 is 20.5 Å². The fourth-order valence-corrected chi connectivity index (χ4v) is 7.03. The number of anilines is 1. The number of hydrogen-bond acceptors (Lipinski definition) is 7. The molecule has 3 aromatic rings. The van der Waals surface area contributed by atoms with Crippen LogP contribution in [0, 0.1) is 0 Å². The Kier molecular flexibility index (Phi) is 5.26. The van der Waals surface area contributed by atoms with Gasteiger partial charge in [-0.2, -0.15) is 11.3 Å². The number of thiophene rings is 1. The number of carbonyl (C=O) groups is 1. The summed E-state index contributed by atoms with van der Waals surface area (Å²) in [6.45, 7) is 0. The molecule has 0 saturated heterocycles. The van der Waals surface area contributed by atoms with Crippen molar-refractivity contribution in [2.75, 3.05) is 5.32 Å². The third-order valence-corrected chi connectivity index (χ3v) is 9.22. The second-order valence-corrected chi connectivity index (χ2v) is 11.0. The van der Waals surface area contributed by atoms with Gasteiger partial charge in [0.15, 0.2) is 14.6 Å². The van der Waals surface area contributed by atoms with E-state index in [0.717, 1.165) is 5.56 Å². The van der Waals surface area contributed by atoms with Crippen LogP contribution in [0.4, 0.5) is 5.13 Å². The minimum atomic E-state index is -3.89. The van der Waals surface area contributed by atoms with E-state index in [9.17, 15) is 13.2 Å². The molecule has 0 radical (unpaired) electrons. The highest BCUT2D eigenvalue weighted by Crippen LogP contribution is 2.42. The predicted molar refractivity (Wildman–Crippen MR) is 112 cm³/mol. The van der Waals surface area contributed by atoms with E-state index in [1.165, 1.54) is 35.6 Å². The Morgan fingerprint density at radius 3 is 2.46 bits per heavy atom. The van der Waals surface area contributed by atoms with E-state index in [0.29, 0.717) is 28.0 Å². The maximum Gasteiger partial charge on any atom is 0.248 e. The van der Waals surface area contributed by atoms with E-state index in [4.69, 9.17) is 11.6 Å². The maximum atomic E-state index is 13.4. The lowest BCUT2D eigenvalue weighted by molar-refractivity contribution is -0.118. The van der Waals surface area contributed by atoms with Crippen LogP contribution in [-0.4, -0.2) is 29.3 Å². The maximum absolute atomic E-state index is 13.4. The summed E-state index contributed by atoms with van der Waals surface area (Å²) in [7, 11) is -3.89. The predicted octanol–water partition coefficient (Wildman–Crippen LogP) is 4.65. The standard InChI is InChI=1S/C18H16ClN3O3S3/c19-13-3-5-14(6-4-13)28(24,25)18(8-1-2-9-18)16(23)20-17-22-21-15(27-17)12-7-10-26-11-12/h3-7,10-11H,1-2,8-9H2,(H,20,22,23). The minimum Gasteiger partial charge on any atom is -0.299 e. The molecular weight excluding hydrogens is 438 g/mol. The highest BCUT2D eigenvalue weighted by molar-refractivity contribution is 7.93. The number of nitrogens with zero attached hydrogens (tertiary/aromatic N) is 2. The van der Waals surface area contributed by atoms with Crippen LogP contribution in [0.1, 0.15) is 25.7 Å². The zero-order chi connectivity index (χ0) is 19.8. The first-order valence-electron chi connectivity index (χ1n) is 8.60. The molecule has 1 fully saturated rings. The van der Waals surface area contributed by atoms with E-state index in [2.05, 4.69) is 15.5 Å². The quantitative estimate of drug-likeness (QED) is 0.607. The van der Waals surface area contributed by atoms with Crippen molar-refractivity contribution in [1.29, 1.82) is 0 Å². The summed E-state index contributed by atoms with van der Waals surface area (Å²) in [6.07, 6.45) is 1.91. The molecule has 28 heavy (non-hydrogen) atoms. The Balaban J connectivity index is 1.64. The van der Waals surface area contributed by atoms with Gasteiger partial charge < -0.3 is 0 Å². The van der Waals surface area contributed by atoms with E-state index in [1.807, 2.05) is 16.8 Å². The average Bonchev–Trinajstić information content (AvgIpc) is 3.43. The van der Waals surface area contributed by atoms with Gasteiger partial charge in [0.25, 0.3) is 0 Å². The molecule has 1 aliphatic carbocycles. The molecule has 1 amide bonds. The van der Waals surface area contributed by atoms with Crippen LogP contribution in [0.5, 0.6) is 0 Å². The number of sulfone groups is 1. The molecule has 2 aromatic heterocycles. The normalized spacial score (nSPS) is 16.2. The van der Waals surface area contributed by atoms with Gasteiger partial charge in [-0.1, -0.05) is 35.8 Å². The smallest absolute Gasteiger partial charge is 0.248 e. The lowest BCUT2D eigenvalue weighted by Crippen LogP contribution is -2.47. The number of benzene rings is 1. The van der Waals surface area contributed by atoms with Gasteiger partial charge in [-0.3, -0.25) is 10.1 Å². The number of rotatable bonds is 5. The summed E-state index contributed by atoms with van der Waals surface area (Å²) >= 11 is 8.65. The third kappa shape index (κ3) is 3.36. The summed E-state index contributed by atoms with van der Waals surface area (Å²) in [5.41, 5.74) is 0.923. The van der Waals surface area contributed by atoms with Crippen LogP contribution in [0.15, 0.2) is 46.0 Å². The summed E-state index contributed by atoms with van der Waals surface area (Å²) in [6, 6.07) is 7.86. The molecule has 1 saturated carbocycles. The molecule has 0 aliphatic heterocycles. The largest absolute Gasteiger partial charge is 0.299 e. The van der Waals surface area contributed by atoms with Crippen LogP contribution >= 0.6 is 34.3 Å². The first-order chi connectivity index (χ1) is 13.4. The number of carbonyl (C=O) groups excluding carboxylic acids is 1. The number of amides is 1. The molecule has 0 bridgehead atoms. The van der Waals surface area contributed by atoms with Crippen LogP contribution < -0.4 is 5.32 Å². The first-order valence-corrected chi connectivity index (χ1v) is 12.2. The number of hydrogen-bond donors (Lipinski definition) is 1. The van der Waals surface area contributed by atoms with Crippen LogP contribution in [-0.2, 0) is 14.6 Å². The second-order valence-electron chi connectivity index (χ2n) is 6.54. The zero-order valence-electron chi connectivity index (χ0n) is 14.6. The molecule has 1 aliphatic rings.